The number of sulfonamides is 1. The molecule has 0 saturated carbocycles. The van der Waals surface area contributed by atoms with Crippen LogP contribution in [0.4, 0.5) is 5.69 Å². The molecule has 1 amide bonds. The topological polar surface area (TPSA) is 101 Å². The van der Waals surface area contributed by atoms with Gasteiger partial charge in [0, 0.05) is 6.54 Å². The Labute approximate surface area is 123 Å². The van der Waals surface area contributed by atoms with Crippen molar-refractivity contribution in [3.63, 3.8) is 0 Å². The molecule has 0 bridgehead atoms. The van der Waals surface area contributed by atoms with Gasteiger partial charge < -0.3 is 11.1 Å². The van der Waals surface area contributed by atoms with Gasteiger partial charge in [-0.25, -0.2) is 13.1 Å². The number of hydrogen-bond donors (Lipinski definition) is 3. The number of anilines is 1. The van der Waals surface area contributed by atoms with Gasteiger partial charge in [0.25, 0.3) is 0 Å². The number of benzene rings is 1. The molecule has 1 rings (SSSR count). The third-order valence-corrected chi connectivity index (χ3v) is 4.34. The van der Waals surface area contributed by atoms with Crippen LogP contribution in [-0.2, 0) is 14.8 Å². The van der Waals surface area contributed by atoms with Gasteiger partial charge in [0.05, 0.1) is 17.3 Å². The third-order valence-electron chi connectivity index (χ3n) is 2.40. The maximum atomic E-state index is 12.1. The maximum Gasteiger partial charge on any atom is 0.244 e. The summed E-state index contributed by atoms with van der Waals surface area (Å²) in [5.74, 6) is -0.123. The minimum atomic E-state index is -3.92. The first-order valence-electron chi connectivity index (χ1n) is 6.04. The number of hydrogen-bond acceptors (Lipinski definition) is 4. The van der Waals surface area contributed by atoms with Crippen LogP contribution in [0.1, 0.15) is 13.8 Å². The van der Waals surface area contributed by atoms with E-state index in [1.165, 1.54) is 12.1 Å². The predicted octanol–water partition coefficient (Wildman–Crippen LogP) is 0.973. The van der Waals surface area contributed by atoms with Crippen LogP contribution in [0.3, 0.4) is 0 Å². The summed E-state index contributed by atoms with van der Waals surface area (Å²) >= 11 is 5.83. The number of amides is 1. The van der Waals surface area contributed by atoms with E-state index in [9.17, 15) is 13.2 Å². The molecule has 8 heteroatoms. The van der Waals surface area contributed by atoms with Gasteiger partial charge in [0.15, 0.2) is 0 Å². The summed E-state index contributed by atoms with van der Waals surface area (Å²) < 4.78 is 26.3. The second-order valence-electron chi connectivity index (χ2n) is 4.68. The molecule has 0 aliphatic rings. The highest BCUT2D eigenvalue weighted by atomic mass is 35.5. The number of nitrogen functional groups attached to an aromatic ring is 1. The zero-order chi connectivity index (χ0) is 15.3. The first-order chi connectivity index (χ1) is 9.24. The van der Waals surface area contributed by atoms with Gasteiger partial charge in [-0.3, -0.25) is 4.79 Å². The van der Waals surface area contributed by atoms with Crippen LogP contribution in [-0.4, -0.2) is 27.4 Å². The fourth-order valence-corrected chi connectivity index (χ4v) is 3.08. The van der Waals surface area contributed by atoms with E-state index in [2.05, 4.69) is 10.0 Å². The van der Waals surface area contributed by atoms with E-state index in [-0.39, 0.29) is 28.1 Å². The van der Waals surface area contributed by atoms with E-state index < -0.39 is 15.9 Å². The van der Waals surface area contributed by atoms with Crippen LogP contribution >= 0.6 is 11.6 Å². The van der Waals surface area contributed by atoms with Gasteiger partial charge in [-0.15, -0.1) is 0 Å². The SMILES string of the molecule is CC(C)CNC(=O)CNS(=O)(=O)c1c(N)cccc1Cl. The Balaban J connectivity index is 2.74. The van der Waals surface area contributed by atoms with E-state index >= 15 is 0 Å². The first kappa shape index (κ1) is 16.7. The largest absolute Gasteiger partial charge is 0.398 e. The molecule has 1 aromatic rings. The Morgan fingerprint density at radius 3 is 2.60 bits per heavy atom. The van der Waals surface area contributed by atoms with E-state index in [1.807, 2.05) is 13.8 Å². The van der Waals surface area contributed by atoms with Gasteiger partial charge in [-0.2, -0.15) is 0 Å². The van der Waals surface area contributed by atoms with Crippen LogP contribution in [0.15, 0.2) is 23.1 Å². The number of carbonyl (C=O) groups is 1. The lowest BCUT2D eigenvalue weighted by Gasteiger charge is -2.11. The minimum Gasteiger partial charge on any atom is -0.398 e. The number of rotatable bonds is 6. The molecule has 0 atom stereocenters. The standard InChI is InChI=1S/C12H18ClN3O3S/c1-8(2)6-15-11(17)7-16-20(18,19)12-9(13)4-3-5-10(12)14/h3-5,8,16H,6-7,14H2,1-2H3,(H,15,17). The fourth-order valence-electron chi connectivity index (χ4n) is 1.42. The molecule has 0 aliphatic carbocycles. The fraction of sp³-hybridized carbons (Fsp3) is 0.417. The highest BCUT2D eigenvalue weighted by Crippen LogP contribution is 2.26. The predicted molar refractivity (Wildman–Crippen MR) is 78.9 cm³/mol. The molecule has 4 N–H and O–H groups in total. The van der Waals surface area contributed by atoms with Crippen molar-refractivity contribution in [2.75, 3.05) is 18.8 Å². The summed E-state index contributed by atoms with van der Waals surface area (Å²) in [6.45, 7) is 4.00. The van der Waals surface area contributed by atoms with Crippen molar-refractivity contribution in [1.82, 2.24) is 10.0 Å². The van der Waals surface area contributed by atoms with Crippen LogP contribution in [0.2, 0.25) is 5.02 Å². The number of nitrogens with one attached hydrogen (secondary N) is 2. The maximum absolute atomic E-state index is 12.1. The highest BCUT2D eigenvalue weighted by Gasteiger charge is 2.21. The number of nitrogens with two attached hydrogens (primary N) is 1. The first-order valence-corrected chi connectivity index (χ1v) is 7.90. The molecule has 0 heterocycles. The molecule has 0 saturated heterocycles. The van der Waals surface area contributed by atoms with Gasteiger partial charge in [-0.1, -0.05) is 31.5 Å². The Morgan fingerprint density at radius 1 is 1.40 bits per heavy atom. The van der Waals surface area contributed by atoms with E-state index in [0.717, 1.165) is 0 Å². The lowest BCUT2D eigenvalue weighted by Crippen LogP contribution is -2.38. The molecule has 0 aromatic heterocycles. The van der Waals surface area contributed by atoms with E-state index in [1.54, 1.807) is 6.07 Å². The normalized spacial score (nSPS) is 11.6. The molecule has 0 radical (unpaired) electrons. The molecule has 0 aliphatic heterocycles. The average molecular weight is 320 g/mol. The zero-order valence-electron chi connectivity index (χ0n) is 11.3. The smallest absolute Gasteiger partial charge is 0.244 e. The summed E-state index contributed by atoms with van der Waals surface area (Å²) in [7, 11) is -3.92. The van der Waals surface area contributed by atoms with Gasteiger partial charge >= 0.3 is 0 Å². The second-order valence-corrected chi connectivity index (χ2v) is 6.79. The number of halogens is 1. The quantitative estimate of drug-likeness (QED) is 0.680. The van der Waals surface area contributed by atoms with Crippen molar-refractivity contribution < 1.29 is 13.2 Å². The van der Waals surface area contributed by atoms with Crippen LogP contribution in [0.25, 0.3) is 0 Å². The molecular formula is C12H18ClN3O3S. The molecule has 0 spiro atoms. The van der Waals surface area contributed by atoms with Crippen molar-refractivity contribution in [2.24, 2.45) is 5.92 Å². The average Bonchev–Trinajstić information content (AvgIpc) is 2.33. The second kappa shape index (κ2) is 6.92. The summed E-state index contributed by atoms with van der Waals surface area (Å²) in [6.07, 6.45) is 0. The van der Waals surface area contributed by atoms with Gasteiger partial charge in [0.2, 0.25) is 15.9 Å². The summed E-state index contributed by atoms with van der Waals surface area (Å²) in [5, 5.41) is 2.62. The minimum absolute atomic E-state index is 0.0140. The van der Waals surface area contributed by atoms with Gasteiger partial charge in [-0.05, 0) is 18.1 Å². The lowest BCUT2D eigenvalue weighted by atomic mass is 10.2. The molecule has 112 valence electrons. The zero-order valence-corrected chi connectivity index (χ0v) is 12.9. The lowest BCUT2D eigenvalue weighted by molar-refractivity contribution is -0.120. The molecule has 20 heavy (non-hydrogen) atoms. The molecule has 1 aromatic carbocycles. The summed E-state index contributed by atoms with van der Waals surface area (Å²) in [4.78, 5) is 11.3. The van der Waals surface area contributed by atoms with E-state index in [4.69, 9.17) is 17.3 Å². The Morgan fingerprint density at radius 2 is 2.05 bits per heavy atom. The number of carbonyl (C=O) groups excluding carboxylic acids is 1. The Kier molecular flexibility index (Phi) is 5.79. The Bertz CT molecular complexity index is 567. The van der Waals surface area contributed by atoms with Crippen molar-refractivity contribution in [3.8, 4) is 0 Å². The van der Waals surface area contributed by atoms with Gasteiger partial charge in [0.1, 0.15) is 4.90 Å². The van der Waals surface area contributed by atoms with Crippen LogP contribution in [0, 0.1) is 5.92 Å². The monoisotopic (exact) mass is 319 g/mol. The van der Waals surface area contributed by atoms with Crippen molar-refractivity contribution in [1.29, 1.82) is 0 Å². The van der Waals surface area contributed by atoms with Crippen molar-refractivity contribution >= 4 is 33.2 Å². The molecular weight excluding hydrogens is 302 g/mol. The summed E-state index contributed by atoms with van der Waals surface area (Å²) in [5.41, 5.74) is 5.64. The Hall–Kier alpha value is -1.31. The summed E-state index contributed by atoms with van der Waals surface area (Å²) in [6, 6.07) is 4.40. The van der Waals surface area contributed by atoms with Crippen molar-refractivity contribution in [2.45, 2.75) is 18.7 Å². The molecule has 6 nitrogen and oxygen atoms in total. The third kappa shape index (κ3) is 4.66. The van der Waals surface area contributed by atoms with Crippen LogP contribution in [0.5, 0.6) is 0 Å². The molecule has 0 unspecified atom stereocenters. The molecule has 0 fully saturated rings. The highest BCUT2D eigenvalue weighted by molar-refractivity contribution is 7.89. The van der Waals surface area contributed by atoms with Crippen LogP contribution < -0.4 is 15.8 Å². The van der Waals surface area contributed by atoms with E-state index in [0.29, 0.717) is 6.54 Å². The van der Waals surface area contributed by atoms with Crippen molar-refractivity contribution in [3.05, 3.63) is 23.2 Å².